The molecule has 4 aromatic rings. The van der Waals surface area contributed by atoms with E-state index in [2.05, 4.69) is 15.7 Å². The van der Waals surface area contributed by atoms with E-state index >= 15 is 0 Å². The molecule has 2 aliphatic rings. The minimum atomic E-state index is -0.329. The molecule has 9 nitrogen and oxygen atoms in total. The summed E-state index contributed by atoms with van der Waals surface area (Å²) in [6.07, 6.45) is 4.90. The van der Waals surface area contributed by atoms with Crippen molar-refractivity contribution in [3.63, 3.8) is 0 Å². The molecular formula is C31H30N4O5. The fraction of sp³-hybridized carbons (Fsp3) is 0.258. The molecule has 6 rings (SSSR count). The van der Waals surface area contributed by atoms with Crippen molar-refractivity contribution >= 4 is 17.6 Å². The van der Waals surface area contributed by atoms with Crippen molar-refractivity contribution in [1.82, 2.24) is 15.1 Å². The molecule has 0 unspecified atom stereocenters. The summed E-state index contributed by atoms with van der Waals surface area (Å²) in [6, 6.07) is 21.4. The minimum absolute atomic E-state index is 0.00758. The van der Waals surface area contributed by atoms with Gasteiger partial charge in [-0.15, -0.1) is 0 Å². The van der Waals surface area contributed by atoms with Gasteiger partial charge >= 0.3 is 6.03 Å². The first-order chi connectivity index (χ1) is 19.5. The maximum atomic E-state index is 13.2. The summed E-state index contributed by atoms with van der Waals surface area (Å²) >= 11 is 0. The van der Waals surface area contributed by atoms with E-state index in [0.29, 0.717) is 47.0 Å². The second-order valence-corrected chi connectivity index (χ2v) is 10.1. The largest absolute Gasteiger partial charge is 0.507 e. The molecule has 1 aliphatic carbocycles. The molecule has 2 heterocycles. The predicted octanol–water partition coefficient (Wildman–Crippen LogP) is 5.69. The van der Waals surface area contributed by atoms with E-state index in [4.69, 9.17) is 9.47 Å². The number of nitrogens with one attached hydrogen (secondary N) is 2. The van der Waals surface area contributed by atoms with Crippen LogP contribution in [0.25, 0.3) is 11.3 Å². The number of amides is 2. The fourth-order valence-corrected chi connectivity index (χ4v) is 5.30. The number of fused-ring (bicyclic) bond motifs is 1. The van der Waals surface area contributed by atoms with Gasteiger partial charge in [0.25, 0.3) is 5.91 Å². The quantitative estimate of drug-likeness (QED) is 0.260. The van der Waals surface area contributed by atoms with Crippen molar-refractivity contribution in [2.45, 2.75) is 38.0 Å². The Hall–Kier alpha value is -4.79. The first kappa shape index (κ1) is 25.5. The number of rotatable bonds is 7. The van der Waals surface area contributed by atoms with Gasteiger partial charge in [-0.3, -0.25) is 4.79 Å². The number of carbonyl (C=O) groups excluding carboxylic acids is 2. The Balaban J connectivity index is 1.23. The van der Waals surface area contributed by atoms with Crippen LogP contribution in [0, 0.1) is 0 Å². The molecule has 1 fully saturated rings. The zero-order chi connectivity index (χ0) is 27.5. The third kappa shape index (κ3) is 5.36. The molecule has 3 N–H and O–H groups in total. The molecule has 204 valence electrons. The number of phenols is 1. The van der Waals surface area contributed by atoms with Gasteiger partial charge in [0.2, 0.25) is 6.79 Å². The number of hydrogen-bond donors (Lipinski definition) is 3. The number of anilines is 1. The van der Waals surface area contributed by atoms with Gasteiger partial charge in [0.05, 0.1) is 11.4 Å². The first-order valence-electron chi connectivity index (χ1n) is 13.5. The summed E-state index contributed by atoms with van der Waals surface area (Å²) in [4.78, 5) is 26.2. The van der Waals surface area contributed by atoms with Gasteiger partial charge in [-0.1, -0.05) is 43.2 Å². The van der Waals surface area contributed by atoms with E-state index in [0.717, 1.165) is 36.9 Å². The van der Waals surface area contributed by atoms with Crippen molar-refractivity contribution in [2.24, 2.45) is 0 Å². The standard InChI is InChI=1S/C31H30N4O5/c36-27-12-11-23(33-30(37)22-10-13-28-29(16-22)40-19-39-28)17-24(27)25-18-26(21-8-4-5-9-21)35(34-25)31(38)32-15-14-20-6-2-1-3-7-20/h1-3,6-7,10-13,16-18,21,36H,4-5,8-9,14-15,19H2,(H,32,38)(H,33,37). The van der Waals surface area contributed by atoms with Gasteiger partial charge in [0.15, 0.2) is 11.5 Å². The lowest BCUT2D eigenvalue weighted by atomic mass is 10.0. The average Bonchev–Trinajstić information content (AvgIpc) is 3.75. The Bertz CT molecular complexity index is 1540. The molecule has 0 bridgehead atoms. The van der Waals surface area contributed by atoms with Gasteiger partial charge in [0, 0.05) is 29.3 Å². The van der Waals surface area contributed by atoms with Crippen LogP contribution in [0.15, 0.2) is 72.8 Å². The highest BCUT2D eigenvalue weighted by Crippen LogP contribution is 2.38. The van der Waals surface area contributed by atoms with Crippen molar-refractivity contribution in [2.75, 3.05) is 18.7 Å². The van der Waals surface area contributed by atoms with Crippen molar-refractivity contribution in [1.29, 1.82) is 0 Å². The van der Waals surface area contributed by atoms with E-state index in [9.17, 15) is 14.7 Å². The number of hydrogen-bond acceptors (Lipinski definition) is 6. The lowest BCUT2D eigenvalue weighted by molar-refractivity contribution is 0.102. The maximum absolute atomic E-state index is 13.2. The Morgan fingerprint density at radius 2 is 1.75 bits per heavy atom. The number of nitrogens with zero attached hydrogens (tertiary/aromatic N) is 2. The number of ether oxygens (including phenoxy) is 2. The molecule has 1 saturated carbocycles. The molecule has 1 aromatic heterocycles. The Morgan fingerprint density at radius 1 is 0.950 bits per heavy atom. The molecule has 9 heteroatoms. The van der Waals surface area contributed by atoms with Crippen LogP contribution in [-0.2, 0) is 6.42 Å². The number of carbonyl (C=O) groups is 2. The SMILES string of the molecule is O=C(Nc1ccc(O)c(-c2cc(C3CCCC3)n(C(=O)NCCc3ccccc3)n2)c1)c1ccc2c(c1)OCO2. The van der Waals surface area contributed by atoms with Crippen LogP contribution in [0.1, 0.15) is 53.2 Å². The molecule has 0 spiro atoms. The third-order valence-corrected chi connectivity index (χ3v) is 7.40. The monoisotopic (exact) mass is 538 g/mol. The van der Waals surface area contributed by atoms with Crippen LogP contribution in [0.5, 0.6) is 17.2 Å². The van der Waals surface area contributed by atoms with Gasteiger partial charge < -0.3 is 25.2 Å². The fourth-order valence-electron chi connectivity index (χ4n) is 5.30. The summed E-state index contributed by atoms with van der Waals surface area (Å²) in [5, 5.41) is 21.2. The molecule has 3 aromatic carbocycles. The van der Waals surface area contributed by atoms with Crippen LogP contribution in [0.4, 0.5) is 10.5 Å². The van der Waals surface area contributed by atoms with E-state index in [-0.39, 0.29) is 30.4 Å². The van der Waals surface area contributed by atoms with Crippen molar-refractivity contribution in [3.8, 4) is 28.5 Å². The lowest BCUT2D eigenvalue weighted by Gasteiger charge is -2.12. The van der Waals surface area contributed by atoms with Crippen molar-refractivity contribution < 1.29 is 24.2 Å². The number of benzene rings is 3. The molecular weight excluding hydrogens is 508 g/mol. The number of phenolic OH excluding ortho intramolecular Hbond substituents is 1. The zero-order valence-corrected chi connectivity index (χ0v) is 21.9. The highest BCUT2D eigenvalue weighted by molar-refractivity contribution is 6.05. The molecule has 2 amide bonds. The number of aromatic nitrogens is 2. The summed E-state index contributed by atoms with van der Waals surface area (Å²) < 4.78 is 12.1. The minimum Gasteiger partial charge on any atom is -0.507 e. The summed E-state index contributed by atoms with van der Waals surface area (Å²) in [6.45, 7) is 0.608. The lowest BCUT2D eigenvalue weighted by Crippen LogP contribution is -2.32. The Labute approximate surface area is 231 Å². The molecule has 0 atom stereocenters. The average molecular weight is 539 g/mol. The van der Waals surface area contributed by atoms with Crippen LogP contribution in [0.3, 0.4) is 0 Å². The van der Waals surface area contributed by atoms with E-state index in [1.165, 1.54) is 10.7 Å². The van der Waals surface area contributed by atoms with Gasteiger partial charge in [-0.05, 0) is 67.3 Å². The van der Waals surface area contributed by atoms with Gasteiger partial charge in [-0.25, -0.2) is 4.79 Å². The van der Waals surface area contributed by atoms with Crippen LogP contribution >= 0.6 is 0 Å². The van der Waals surface area contributed by atoms with E-state index in [1.54, 1.807) is 30.3 Å². The maximum Gasteiger partial charge on any atom is 0.342 e. The Morgan fingerprint density at radius 3 is 2.58 bits per heavy atom. The summed E-state index contributed by atoms with van der Waals surface area (Å²) in [7, 11) is 0. The highest BCUT2D eigenvalue weighted by Gasteiger charge is 2.26. The van der Waals surface area contributed by atoms with Crippen molar-refractivity contribution in [3.05, 3.63) is 89.6 Å². The third-order valence-electron chi connectivity index (χ3n) is 7.40. The molecule has 40 heavy (non-hydrogen) atoms. The summed E-state index contributed by atoms with van der Waals surface area (Å²) in [5.41, 5.74) is 3.78. The van der Waals surface area contributed by atoms with Crippen LogP contribution < -0.4 is 20.1 Å². The van der Waals surface area contributed by atoms with E-state index in [1.807, 2.05) is 36.4 Å². The predicted molar refractivity (Wildman–Crippen MR) is 150 cm³/mol. The van der Waals surface area contributed by atoms with E-state index < -0.39 is 0 Å². The van der Waals surface area contributed by atoms with Crippen LogP contribution in [-0.4, -0.2) is 40.2 Å². The zero-order valence-electron chi connectivity index (χ0n) is 21.9. The molecule has 1 aliphatic heterocycles. The first-order valence-corrected chi connectivity index (χ1v) is 13.5. The summed E-state index contributed by atoms with van der Waals surface area (Å²) in [5.74, 6) is 1.02. The topological polar surface area (TPSA) is 115 Å². The second-order valence-electron chi connectivity index (χ2n) is 10.1. The molecule has 0 radical (unpaired) electrons. The molecule has 0 saturated heterocycles. The van der Waals surface area contributed by atoms with Gasteiger partial charge in [-0.2, -0.15) is 9.78 Å². The normalized spacial score (nSPS) is 14.3. The highest BCUT2D eigenvalue weighted by atomic mass is 16.7. The van der Waals surface area contributed by atoms with Crippen LogP contribution in [0.2, 0.25) is 0 Å². The Kier molecular flexibility index (Phi) is 7.09. The second kappa shape index (κ2) is 11.1. The van der Waals surface area contributed by atoms with Gasteiger partial charge in [0.1, 0.15) is 5.75 Å². The smallest absolute Gasteiger partial charge is 0.342 e. The number of aromatic hydroxyl groups is 1.